The summed E-state index contributed by atoms with van der Waals surface area (Å²) in [5.74, 6) is 0.809. The molecule has 2 unspecified atom stereocenters. The second kappa shape index (κ2) is 8.50. The summed E-state index contributed by atoms with van der Waals surface area (Å²) in [4.78, 5) is 2.32. The lowest BCUT2D eigenvalue weighted by atomic mass is 9.73. The van der Waals surface area contributed by atoms with Crippen molar-refractivity contribution < 1.29 is 4.74 Å². The molecule has 0 radical (unpaired) electrons. The van der Waals surface area contributed by atoms with Gasteiger partial charge in [0.25, 0.3) is 0 Å². The molecule has 1 saturated heterocycles. The SMILES string of the molecule is CCCNC(CCN(C)C)C1CCOC2(CCCCC2)C1. The van der Waals surface area contributed by atoms with E-state index in [9.17, 15) is 0 Å². The molecule has 1 N–H and O–H groups in total. The molecule has 124 valence electrons. The van der Waals surface area contributed by atoms with Crippen molar-refractivity contribution in [1.29, 1.82) is 0 Å². The molecule has 3 heteroatoms. The molecule has 21 heavy (non-hydrogen) atoms. The van der Waals surface area contributed by atoms with Crippen molar-refractivity contribution in [3.63, 3.8) is 0 Å². The number of rotatable bonds is 7. The van der Waals surface area contributed by atoms with Gasteiger partial charge in [0.2, 0.25) is 0 Å². The number of hydrogen-bond acceptors (Lipinski definition) is 3. The molecule has 0 bridgehead atoms. The third-order valence-corrected chi connectivity index (χ3v) is 5.41. The van der Waals surface area contributed by atoms with Crippen LogP contribution in [-0.2, 0) is 4.74 Å². The van der Waals surface area contributed by atoms with E-state index in [-0.39, 0.29) is 5.60 Å². The molecule has 2 fully saturated rings. The highest BCUT2D eigenvalue weighted by Crippen LogP contribution is 2.41. The Balaban J connectivity index is 1.93. The topological polar surface area (TPSA) is 24.5 Å². The van der Waals surface area contributed by atoms with Crippen molar-refractivity contribution in [3.8, 4) is 0 Å². The van der Waals surface area contributed by atoms with Crippen molar-refractivity contribution in [1.82, 2.24) is 10.2 Å². The molecule has 1 spiro atoms. The molecule has 2 atom stereocenters. The van der Waals surface area contributed by atoms with Crippen LogP contribution >= 0.6 is 0 Å². The van der Waals surface area contributed by atoms with E-state index >= 15 is 0 Å². The molecule has 2 aliphatic rings. The number of ether oxygens (including phenoxy) is 1. The van der Waals surface area contributed by atoms with E-state index in [2.05, 4.69) is 31.2 Å². The van der Waals surface area contributed by atoms with E-state index in [1.165, 1.54) is 64.3 Å². The Morgan fingerprint density at radius 3 is 2.67 bits per heavy atom. The Morgan fingerprint density at radius 1 is 1.24 bits per heavy atom. The van der Waals surface area contributed by atoms with Gasteiger partial charge in [0.05, 0.1) is 5.60 Å². The largest absolute Gasteiger partial charge is 0.375 e. The highest BCUT2D eigenvalue weighted by molar-refractivity contribution is 4.93. The van der Waals surface area contributed by atoms with Crippen LogP contribution in [0.2, 0.25) is 0 Å². The molecule has 0 aromatic rings. The third kappa shape index (κ3) is 5.22. The smallest absolute Gasteiger partial charge is 0.0685 e. The molecule has 1 heterocycles. The number of nitrogens with one attached hydrogen (secondary N) is 1. The Hall–Kier alpha value is -0.120. The van der Waals surface area contributed by atoms with Gasteiger partial charge in [-0.05, 0) is 71.6 Å². The molecule has 3 nitrogen and oxygen atoms in total. The van der Waals surface area contributed by atoms with Gasteiger partial charge in [-0.15, -0.1) is 0 Å². The average molecular weight is 296 g/mol. The van der Waals surface area contributed by atoms with Crippen molar-refractivity contribution >= 4 is 0 Å². The molecular formula is C18H36N2O. The summed E-state index contributed by atoms with van der Waals surface area (Å²) in [6.07, 6.45) is 11.8. The van der Waals surface area contributed by atoms with E-state index in [1.54, 1.807) is 0 Å². The fourth-order valence-corrected chi connectivity index (χ4v) is 4.19. The van der Waals surface area contributed by atoms with Crippen LogP contribution in [0.4, 0.5) is 0 Å². The summed E-state index contributed by atoms with van der Waals surface area (Å²) in [6.45, 7) is 5.59. The monoisotopic (exact) mass is 296 g/mol. The summed E-state index contributed by atoms with van der Waals surface area (Å²) >= 11 is 0. The van der Waals surface area contributed by atoms with Gasteiger partial charge in [-0.1, -0.05) is 26.2 Å². The Kier molecular flexibility index (Phi) is 6.97. The number of nitrogens with zero attached hydrogens (tertiary/aromatic N) is 1. The van der Waals surface area contributed by atoms with Crippen LogP contribution in [-0.4, -0.2) is 50.3 Å². The first kappa shape index (κ1) is 17.2. The first-order chi connectivity index (χ1) is 10.2. The molecule has 1 aliphatic carbocycles. The molecule has 0 amide bonds. The Morgan fingerprint density at radius 2 is 2.00 bits per heavy atom. The lowest BCUT2D eigenvalue weighted by Crippen LogP contribution is -2.48. The maximum atomic E-state index is 6.28. The van der Waals surface area contributed by atoms with Gasteiger partial charge in [-0.3, -0.25) is 0 Å². The molecule has 1 aliphatic heterocycles. The van der Waals surface area contributed by atoms with Gasteiger partial charge in [-0.2, -0.15) is 0 Å². The Labute approximate surface area is 131 Å². The van der Waals surface area contributed by atoms with Gasteiger partial charge in [-0.25, -0.2) is 0 Å². The van der Waals surface area contributed by atoms with Crippen LogP contribution in [0.3, 0.4) is 0 Å². The summed E-state index contributed by atoms with van der Waals surface area (Å²) in [7, 11) is 4.37. The predicted octanol–water partition coefficient (Wildman–Crippen LogP) is 3.44. The van der Waals surface area contributed by atoms with Crippen LogP contribution < -0.4 is 5.32 Å². The van der Waals surface area contributed by atoms with Crippen molar-refractivity contribution in [2.45, 2.75) is 76.4 Å². The highest BCUT2D eigenvalue weighted by atomic mass is 16.5. The lowest BCUT2D eigenvalue weighted by Gasteiger charge is -2.46. The first-order valence-corrected chi connectivity index (χ1v) is 9.17. The van der Waals surface area contributed by atoms with E-state index in [0.29, 0.717) is 6.04 Å². The first-order valence-electron chi connectivity index (χ1n) is 9.17. The van der Waals surface area contributed by atoms with Crippen molar-refractivity contribution in [2.24, 2.45) is 5.92 Å². The van der Waals surface area contributed by atoms with Crippen LogP contribution in [0.15, 0.2) is 0 Å². The standard InChI is InChI=1S/C18H36N2O/c1-4-12-19-17(8-13-20(2)3)16-9-14-21-18(15-16)10-6-5-7-11-18/h16-17,19H,4-15H2,1-3H3. The molecule has 0 aromatic carbocycles. The minimum atomic E-state index is 0.241. The quantitative estimate of drug-likeness (QED) is 0.779. The van der Waals surface area contributed by atoms with Gasteiger partial charge in [0.15, 0.2) is 0 Å². The second-order valence-corrected chi connectivity index (χ2v) is 7.50. The van der Waals surface area contributed by atoms with E-state index in [1.807, 2.05) is 0 Å². The molecule has 0 aromatic heterocycles. The van der Waals surface area contributed by atoms with Crippen LogP contribution in [0.1, 0.15) is 64.7 Å². The predicted molar refractivity (Wildman–Crippen MR) is 89.7 cm³/mol. The fourth-order valence-electron chi connectivity index (χ4n) is 4.19. The summed E-state index contributed by atoms with van der Waals surface area (Å²) < 4.78 is 6.28. The van der Waals surface area contributed by atoms with Crippen molar-refractivity contribution in [3.05, 3.63) is 0 Å². The van der Waals surface area contributed by atoms with Crippen molar-refractivity contribution in [2.75, 3.05) is 33.8 Å². The zero-order chi connectivity index (χ0) is 15.1. The summed E-state index contributed by atoms with van der Waals surface area (Å²) in [6, 6.07) is 0.676. The van der Waals surface area contributed by atoms with Gasteiger partial charge in [0, 0.05) is 12.6 Å². The second-order valence-electron chi connectivity index (χ2n) is 7.50. The maximum Gasteiger partial charge on any atom is 0.0685 e. The normalized spacial score (nSPS) is 27.1. The van der Waals surface area contributed by atoms with Crippen LogP contribution in [0.25, 0.3) is 0 Å². The van der Waals surface area contributed by atoms with E-state index < -0.39 is 0 Å². The average Bonchev–Trinajstić information content (AvgIpc) is 2.48. The van der Waals surface area contributed by atoms with Gasteiger partial charge < -0.3 is 15.0 Å². The number of hydrogen-bond donors (Lipinski definition) is 1. The molecular weight excluding hydrogens is 260 g/mol. The fraction of sp³-hybridized carbons (Fsp3) is 1.00. The van der Waals surface area contributed by atoms with Gasteiger partial charge >= 0.3 is 0 Å². The minimum Gasteiger partial charge on any atom is -0.375 e. The third-order valence-electron chi connectivity index (χ3n) is 5.41. The van der Waals surface area contributed by atoms with E-state index in [4.69, 9.17) is 4.74 Å². The maximum absolute atomic E-state index is 6.28. The highest BCUT2D eigenvalue weighted by Gasteiger charge is 2.40. The molecule has 2 rings (SSSR count). The summed E-state index contributed by atoms with van der Waals surface area (Å²) in [5.41, 5.74) is 0.241. The Bertz CT molecular complexity index is 281. The molecule has 1 saturated carbocycles. The minimum absolute atomic E-state index is 0.241. The lowest BCUT2D eigenvalue weighted by molar-refractivity contribution is -0.122. The van der Waals surface area contributed by atoms with Gasteiger partial charge in [0.1, 0.15) is 0 Å². The van der Waals surface area contributed by atoms with Crippen LogP contribution in [0.5, 0.6) is 0 Å². The summed E-state index contributed by atoms with van der Waals surface area (Å²) in [5, 5.41) is 3.83. The van der Waals surface area contributed by atoms with E-state index in [0.717, 1.165) is 19.1 Å². The zero-order valence-corrected chi connectivity index (χ0v) is 14.5. The van der Waals surface area contributed by atoms with Crippen LogP contribution in [0, 0.1) is 5.92 Å². The zero-order valence-electron chi connectivity index (χ0n) is 14.5.